The molecule has 1 aromatic rings. The topological polar surface area (TPSA) is 96.5 Å². The van der Waals surface area contributed by atoms with E-state index < -0.39 is 11.5 Å². The minimum absolute atomic E-state index is 0.132. The van der Waals surface area contributed by atoms with Crippen LogP contribution in [0.15, 0.2) is 4.52 Å². The Labute approximate surface area is 118 Å². The van der Waals surface area contributed by atoms with Crippen molar-refractivity contribution in [2.75, 3.05) is 7.05 Å². The van der Waals surface area contributed by atoms with Crippen molar-refractivity contribution in [1.29, 1.82) is 0 Å². The number of hydrogen-bond acceptors (Lipinski definition) is 5. The summed E-state index contributed by atoms with van der Waals surface area (Å²) in [5, 5.41) is 12.9. The number of amides is 1. The molecule has 0 unspecified atom stereocenters. The van der Waals surface area contributed by atoms with Crippen molar-refractivity contribution >= 4 is 11.9 Å². The van der Waals surface area contributed by atoms with Gasteiger partial charge in [0.05, 0.1) is 0 Å². The van der Waals surface area contributed by atoms with Crippen molar-refractivity contribution in [2.45, 2.75) is 52.0 Å². The lowest BCUT2D eigenvalue weighted by Crippen LogP contribution is -2.50. The first-order valence-electron chi connectivity index (χ1n) is 6.48. The maximum absolute atomic E-state index is 12.0. The van der Waals surface area contributed by atoms with Crippen molar-refractivity contribution in [3.05, 3.63) is 11.7 Å². The van der Waals surface area contributed by atoms with Crippen molar-refractivity contribution in [1.82, 2.24) is 15.0 Å². The van der Waals surface area contributed by atoms with Gasteiger partial charge in [-0.1, -0.05) is 19.0 Å². The van der Waals surface area contributed by atoms with E-state index in [1.165, 1.54) is 25.8 Å². The Kier molecular flexibility index (Phi) is 4.86. The fourth-order valence-electron chi connectivity index (χ4n) is 1.44. The van der Waals surface area contributed by atoms with Gasteiger partial charge in [0.2, 0.25) is 11.8 Å². The van der Waals surface area contributed by atoms with Crippen LogP contribution in [0, 0.1) is 0 Å². The lowest BCUT2D eigenvalue weighted by Gasteiger charge is -2.31. The van der Waals surface area contributed by atoms with Gasteiger partial charge in [0.1, 0.15) is 5.54 Å². The molecule has 0 atom stereocenters. The second-order valence-corrected chi connectivity index (χ2v) is 5.52. The number of rotatable bonds is 6. The van der Waals surface area contributed by atoms with Crippen LogP contribution in [0.4, 0.5) is 0 Å². The van der Waals surface area contributed by atoms with Gasteiger partial charge in [-0.05, 0) is 13.8 Å². The van der Waals surface area contributed by atoms with Crippen LogP contribution >= 0.6 is 0 Å². The average Bonchev–Trinajstić information content (AvgIpc) is 2.83. The number of aryl methyl sites for hydroxylation is 1. The molecule has 0 radical (unpaired) electrons. The molecule has 7 nitrogen and oxygen atoms in total. The molecule has 20 heavy (non-hydrogen) atoms. The molecule has 1 aromatic heterocycles. The fraction of sp³-hybridized carbons (Fsp3) is 0.692. The number of hydrogen-bond donors (Lipinski definition) is 1. The Balaban J connectivity index is 2.60. The van der Waals surface area contributed by atoms with Crippen LogP contribution in [0.5, 0.6) is 0 Å². The van der Waals surface area contributed by atoms with E-state index in [4.69, 9.17) is 9.63 Å². The number of carboxylic acids is 1. The maximum atomic E-state index is 12.0. The third kappa shape index (κ3) is 3.55. The molecule has 1 heterocycles. The molecule has 1 N–H and O–H groups in total. The van der Waals surface area contributed by atoms with E-state index in [-0.39, 0.29) is 18.2 Å². The number of likely N-dealkylation sites (N-methyl/N-ethyl adjacent to an activating group) is 1. The number of carbonyl (C=O) groups is 2. The minimum atomic E-state index is -1.24. The number of aromatic nitrogens is 2. The molecule has 0 saturated carbocycles. The summed E-state index contributed by atoms with van der Waals surface area (Å²) < 4.78 is 5.04. The average molecular weight is 283 g/mol. The van der Waals surface area contributed by atoms with Gasteiger partial charge in [-0.15, -0.1) is 0 Å². The van der Waals surface area contributed by atoms with Gasteiger partial charge >= 0.3 is 5.97 Å². The van der Waals surface area contributed by atoms with E-state index in [2.05, 4.69) is 10.1 Å². The highest BCUT2D eigenvalue weighted by Crippen LogP contribution is 2.15. The summed E-state index contributed by atoms with van der Waals surface area (Å²) in [5.41, 5.74) is -1.24. The Bertz CT molecular complexity index is 494. The van der Waals surface area contributed by atoms with Gasteiger partial charge < -0.3 is 14.5 Å². The molecule has 0 aliphatic carbocycles. The van der Waals surface area contributed by atoms with Gasteiger partial charge in [-0.2, -0.15) is 4.98 Å². The molecule has 0 aromatic carbocycles. The molecule has 0 fully saturated rings. The van der Waals surface area contributed by atoms with Gasteiger partial charge in [-0.3, -0.25) is 4.79 Å². The number of carbonyl (C=O) groups excluding carboxylic acids is 1. The van der Waals surface area contributed by atoms with Crippen molar-refractivity contribution < 1.29 is 19.2 Å². The van der Waals surface area contributed by atoms with Gasteiger partial charge in [-0.25, -0.2) is 4.79 Å². The lowest BCUT2D eigenvalue weighted by molar-refractivity contribution is -0.155. The first-order chi connectivity index (χ1) is 9.16. The van der Waals surface area contributed by atoms with E-state index in [1.54, 1.807) is 0 Å². The van der Waals surface area contributed by atoms with Crippen LogP contribution in [-0.4, -0.2) is 44.6 Å². The smallest absolute Gasteiger partial charge is 0.329 e. The highest BCUT2D eigenvalue weighted by molar-refractivity contribution is 5.86. The highest BCUT2D eigenvalue weighted by Gasteiger charge is 2.34. The summed E-state index contributed by atoms with van der Waals surface area (Å²) in [7, 11) is 1.48. The Morgan fingerprint density at radius 3 is 2.45 bits per heavy atom. The molecule has 1 rings (SSSR count). The first-order valence-corrected chi connectivity index (χ1v) is 6.48. The summed E-state index contributed by atoms with van der Waals surface area (Å²) in [6.45, 7) is 6.86. The SMILES string of the molecule is CC(C)c1noc(CCC(=O)N(C)C(C)(C)C(=O)O)n1. The van der Waals surface area contributed by atoms with E-state index in [9.17, 15) is 9.59 Å². The third-order valence-corrected chi connectivity index (χ3v) is 3.29. The lowest BCUT2D eigenvalue weighted by atomic mass is 10.0. The number of aliphatic carboxylic acids is 1. The predicted molar refractivity (Wildman–Crippen MR) is 71.2 cm³/mol. The minimum Gasteiger partial charge on any atom is -0.480 e. The number of carboxylic acid groups (broad SMARTS) is 1. The maximum Gasteiger partial charge on any atom is 0.329 e. The summed E-state index contributed by atoms with van der Waals surface area (Å²) in [6, 6.07) is 0. The zero-order valence-electron chi connectivity index (χ0n) is 12.5. The standard InChI is InChI=1S/C13H21N3O4/c1-8(2)11-14-9(20-15-11)6-7-10(17)16(5)13(3,4)12(18)19/h8H,6-7H2,1-5H3,(H,18,19). The predicted octanol–water partition coefficient (Wildman–Crippen LogP) is 1.45. The molecule has 0 spiro atoms. The van der Waals surface area contributed by atoms with Crippen molar-refractivity contribution in [3.8, 4) is 0 Å². The van der Waals surface area contributed by atoms with Gasteiger partial charge in [0, 0.05) is 25.8 Å². The molecule has 0 saturated heterocycles. The molecular weight excluding hydrogens is 262 g/mol. The monoisotopic (exact) mass is 283 g/mol. The largest absolute Gasteiger partial charge is 0.480 e. The third-order valence-electron chi connectivity index (χ3n) is 3.29. The van der Waals surface area contributed by atoms with Crippen molar-refractivity contribution in [2.24, 2.45) is 0 Å². The normalized spacial score (nSPS) is 11.7. The van der Waals surface area contributed by atoms with Crippen LogP contribution in [0.1, 0.15) is 51.7 Å². The zero-order valence-corrected chi connectivity index (χ0v) is 12.5. The molecule has 1 amide bonds. The fourth-order valence-corrected chi connectivity index (χ4v) is 1.44. The molecule has 0 bridgehead atoms. The summed E-state index contributed by atoms with van der Waals surface area (Å²) in [5.74, 6) is -0.165. The van der Waals surface area contributed by atoms with Crippen LogP contribution in [-0.2, 0) is 16.0 Å². The zero-order chi connectivity index (χ0) is 15.5. The highest BCUT2D eigenvalue weighted by atomic mass is 16.5. The summed E-state index contributed by atoms with van der Waals surface area (Å²) in [6.07, 6.45) is 0.436. The molecule has 0 aliphatic rings. The summed E-state index contributed by atoms with van der Waals surface area (Å²) >= 11 is 0. The van der Waals surface area contributed by atoms with E-state index in [1.807, 2.05) is 13.8 Å². The Morgan fingerprint density at radius 2 is 2.00 bits per heavy atom. The molecule has 7 heteroatoms. The summed E-state index contributed by atoms with van der Waals surface area (Å²) in [4.78, 5) is 28.5. The van der Waals surface area contributed by atoms with E-state index in [0.717, 1.165) is 0 Å². The van der Waals surface area contributed by atoms with Gasteiger partial charge in [0.15, 0.2) is 5.82 Å². The number of nitrogens with zero attached hydrogens (tertiary/aromatic N) is 3. The van der Waals surface area contributed by atoms with Crippen LogP contribution < -0.4 is 0 Å². The van der Waals surface area contributed by atoms with Gasteiger partial charge in [0.25, 0.3) is 0 Å². The second-order valence-electron chi connectivity index (χ2n) is 5.52. The molecular formula is C13H21N3O4. The molecule has 112 valence electrons. The Hall–Kier alpha value is -1.92. The van der Waals surface area contributed by atoms with E-state index >= 15 is 0 Å². The van der Waals surface area contributed by atoms with Crippen LogP contribution in [0.25, 0.3) is 0 Å². The van der Waals surface area contributed by atoms with Crippen molar-refractivity contribution in [3.63, 3.8) is 0 Å². The first kappa shape index (κ1) is 16.1. The van der Waals surface area contributed by atoms with Crippen LogP contribution in [0.2, 0.25) is 0 Å². The van der Waals surface area contributed by atoms with E-state index in [0.29, 0.717) is 18.1 Å². The molecule has 0 aliphatic heterocycles. The van der Waals surface area contributed by atoms with Crippen LogP contribution in [0.3, 0.4) is 0 Å². The second kappa shape index (κ2) is 6.02. The Morgan fingerprint density at radius 1 is 1.40 bits per heavy atom. The quantitative estimate of drug-likeness (QED) is 0.848.